The van der Waals surface area contributed by atoms with Crippen molar-refractivity contribution in [1.29, 1.82) is 0 Å². The molecule has 0 aromatic heterocycles. The summed E-state index contributed by atoms with van der Waals surface area (Å²) < 4.78 is 16.8. The van der Waals surface area contributed by atoms with Gasteiger partial charge in [0, 0.05) is 33.0 Å². The minimum Gasteiger partial charge on any atom is -0.367 e. The average Bonchev–Trinajstić information content (AvgIpc) is 2.98. The van der Waals surface area contributed by atoms with Crippen LogP contribution < -0.4 is 0 Å². The quantitative estimate of drug-likeness (QED) is 0.851. The third-order valence-electron chi connectivity index (χ3n) is 4.21. The standard InChI is InChI=1S/C16H21NO4/c1-19-14(13-5-3-2-4-6-13)15(18)17-9-7-16(8-10-17)20-11-12-21-16/h2-6,14H,7-12H2,1H3. The molecule has 0 aliphatic carbocycles. The molecule has 114 valence electrons. The van der Waals surface area contributed by atoms with Crippen molar-refractivity contribution >= 4 is 5.91 Å². The lowest BCUT2D eigenvalue weighted by Gasteiger charge is -2.38. The second-order valence-electron chi connectivity index (χ2n) is 5.46. The van der Waals surface area contributed by atoms with Crippen LogP contribution in [0.25, 0.3) is 0 Å². The third-order valence-corrected chi connectivity index (χ3v) is 4.21. The van der Waals surface area contributed by atoms with E-state index in [0.29, 0.717) is 26.3 Å². The summed E-state index contributed by atoms with van der Waals surface area (Å²) in [6, 6.07) is 9.60. The molecule has 21 heavy (non-hydrogen) atoms. The zero-order valence-corrected chi connectivity index (χ0v) is 12.3. The van der Waals surface area contributed by atoms with Crippen LogP contribution in [-0.2, 0) is 19.0 Å². The predicted molar refractivity (Wildman–Crippen MR) is 76.6 cm³/mol. The number of hydrogen-bond donors (Lipinski definition) is 0. The fourth-order valence-electron chi connectivity index (χ4n) is 3.03. The molecular weight excluding hydrogens is 270 g/mol. The number of piperidine rings is 1. The van der Waals surface area contributed by atoms with Crippen LogP contribution in [0, 0.1) is 0 Å². The van der Waals surface area contributed by atoms with Crippen molar-refractivity contribution in [1.82, 2.24) is 4.90 Å². The average molecular weight is 291 g/mol. The molecule has 1 aromatic carbocycles. The predicted octanol–water partition coefficient (Wildman–Crippen LogP) is 1.74. The third kappa shape index (κ3) is 2.95. The number of hydrogen-bond acceptors (Lipinski definition) is 4. The van der Waals surface area contributed by atoms with Gasteiger partial charge in [0.05, 0.1) is 13.2 Å². The Morgan fingerprint density at radius 3 is 2.38 bits per heavy atom. The molecule has 1 amide bonds. The van der Waals surface area contributed by atoms with Crippen LogP contribution in [0.3, 0.4) is 0 Å². The van der Waals surface area contributed by atoms with Crippen LogP contribution in [-0.4, -0.2) is 50.0 Å². The monoisotopic (exact) mass is 291 g/mol. The number of carbonyl (C=O) groups excluding carboxylic acids is 1. The molecule has 2 aliphatic rings. The van der Waals surface area contributed by atoms with E-state index in [-0.39, 0.29) is 5.91 Å². The summed E-state index contributed by atoms with van der Waals surface area (Å²) in [6.45, 7) is 2.59. The molecule has 1 atom stereocenters. The van der Waals surface area contributed by atoms with Gasteiger partial charge in [-0.15, -0.1) is 0 Å². The highest BCUT2D eigenvalue weighted by atomic mass is 16.7. The SMILES string of the molecule is COC(C(=O)N1CCC2(CC1)OCCO2)c1ccccc1. The van der Waals surface area contributed by atoms with Crippen LogP contribution in [0.4, 0.5) is 0 Å². The Labute approximate surface area is 124 Å². The molecule has 5 nitrogen and oxygen atoms in total. The van der Waals surface area contributed by atoms with Gasteiger partial charge in [-0.05, 0) is 5.56 Å². The molecule has 0 saturated carbocycles. The molecule has 5 heteroatoms. The highest BCUT2D eigenvalue weighted by Gasteiger charge is 2.41. The van der Waals surface area contributed by atoms with Crippen molar-refractivity contribution in [3.8, 4) is 0 Å². The Morgan fingerprint density at radius 1 is 1.19 bits per heavy atom. The highest BCUT2D eigenvalue weighted by molar-refractivity contribution is 5.82. The summed E-state index contributed by atoms with van der Waals surface area (Å²) in [4.78, 5) is 14.5. The van der Waals surface area contributed by atoms with Crippen LogP contribution in [0.5, 0.6) is 0 Å². The van der Waals surface area contributed by atoms with Crippen molar-refractivity contribution < 1.29 is 19.0 Å². The van der Waals surface area contributed by atoms with E-state index in [2.05, 4.69) is 0 Å². The number of benzene rings is 1. The summed E-state index contributed by atoms with van der Waals surface area (Å²) in [5.74, 6) is -0.442. The maximum atomic E-state index is 12.7. The summed E-state index contributed by atoms with van der Waals surface area (Å²) in [6.07, 6.45) is 0.916. The van der Waals surface area contributed by atoms with Crippen LogP contribution in [0.1, 0.15) is 24.5 Å². The van der Waals surface area contributed by atoms with Gasteiger partial charge in [0.2, 0.25) is 0 Å². The van der Waals surface area contributed by atoms with Crippen LogP contribution in [0.2, 0.25) is 0 Å². The molecule has 0 N–H and O–H groups in total. The number of ether oxygens (including phenoxy) is 3. The maximum Gasteiger partial charge on any atom is 0.256 e. The number of carbonyl (C=O) groups is 1. The van der Waals surface area contributed by atoms with Crippen molar-refractivity contribution in [2.45, 2.75) is 24.7 Å². The zero-order valence-electron chi connectivity index (χ0n) is 12.3. The van der Waals surface area contributed by atoms with Gasteiger partial charge >= 0.3 is 0 Å². The van der Waals surface area contributed by atoms with Crippen molar-refractivity contribution in [3.05, 3.63) is 35.9 Å². The van der Waals surface area contributed by atoms with Gasteiger partial charge in [-0.1, -0.05) is 30.3 Å². The van der Waals surface area contributed by atoms with E-state index in [0.717, 1.165) is 18.4 Å². The van der Waals surface area contributed by atoms with E-state index in [1.54, 1.807) is 7.11 Å². The Morgan fingerprint density at radius 2 is 1.81 bits per heavy atom. The van der Waals surface area contributed by atoms with Crippen molar-refractivity contribution in [2.24, 2.45) is 0 Å². The van der Waals surface area contributed by atoms with Gasteiger partial charge in [0.25, 0.3) is 5.91 Å². The summed E-state index contributed by atoms with van der Waals surface area (Å²) in [5, 5.41) is 0. The lowest BCUT2D eigenvalue weighted by atomic mass is 10.0. The summed E-state index contributed by atoms with van der Waals surface area (Å²) >= 11 is 0. The number of methoxy groups -OCH3 is 1. The number of rotatable bonds is 3. The zero-order chi connectivity index (χ0) is 14.7. The number of likely N-dealkylation sites (tertiary alicyclic amines) is 1. The molecular formula is C16H21NO4. The second-order valence-corrected chi connectivity index (χ2v) is 5.46. The summed E-state index contributed by atoms with van der Waals surface area (Å²) in [7, 11) is 1.57. The molecule has 1 aromatic rings. The van der Waals surface area contributed by atoms with E-state index in [1.807, 2.05) is 35.2 Å². The van der Waals surface area contributed by atoms with Crippen LogP contribution in [0.15, 0.2) is 30.3 Å². The minimum atomic E-state index is -0.536. The summed E-state index contributed by atoms with van der Waals surface area (Å²) in [5.41, 5.74) is 0.888. The molecule has 2 heterocycles. The molecule has 2 aliphatic heterocycles. The molecule has 2 fully saturated rings. The van der Waals surface area contributed by atoms with Gasteiger partial charge in [0.1, 0.15) is 0 Å². The largest absolute Gasteiger partial charge is 0.367 e. The maximum absolute atomic E-state index is 12.7. The van der Waals surface area contributed by atoms with Gasteiger partial charge in [-0.3, -0.25) is 4.79 Å². The Balaban J connectivity index is 1.65. The molecule has 0 bridgehead atoms. The molecule has 0 radical (unpaired) electrons. The van der Waals surface area contributed by atoms with Crippen molar-refractivity contribution in [2.75, 3.05) is 33.4 Å². The first-order valence-electron chi connectivity index (χ1n) is 7.38. The van der Waals surface area contributed by atoms with Crippen LogP contribution >= 0.6 is 0 Å². The first kappa shape index (κ1) is 14.5. The van der Waals surface area contributed by atoms with Gasteiger partial charge in [-0.25, -0.2) is 0 Å². The van der Waals surface area contributed by atoms with E-state index < -0.39 is 11.9 Å². The molecule has 1 unspecified atom stereocenters. The molecule has 2 saturated heterocycles. The van der Waals surface area contributed by atoms with E-state index in [1.165, 1.54) is 0 Å². The lowest BCUT2D eigenvalue weighted by molar-refractivity contribution is -0.189. The van der Waals surface area contributed by atoms with Crippen molar-refractivity contribution in [3.63, 3.8) is 0 Å². The first-order chi connectivity index (χ1) is 10.2. The van der Waals surface area contributed by atoms with Gasteiger partial charge < -0.3 is 19.1 Å². The highest BCUT2D eigenvalue weighted by Crippen LogP contribution is 2.32. The first-order valence-corrected chi connectivity index (χ1v) is 7.38. The minimum absolute atomic E-state index is 0.0107. The van der Waals surface area contributed by atoms with Gasteiger partial charge in [-0.2, -0.15) is 0 Å². The van der Waals surface area contributed by atoms with E-state index in [4.69, 9.17) is 14.2 Å². The fraction of sp³-hybridized carbons (Fsp3) is 0.562. The Hall–Kier alpha value is -1.43. The number of amides is 1. The normalized spacial score (nSPS) is 22.4. The topological polar surface area (TPSA) is 48.0 Å². The Kier molecular flexibility index (Phi) is 4.24. The second kappa shape index (κ2) is 6.13. The molecule has 3 rings (SSSR count). The van der Waals surface area contributed by atoms with E-state index >= 15 is 0 Å². The Bertz CT molecular complexity index is 474. The lowest BCUT2D eigenvalue weighted by Crippen LogP contribution is -2.48. The van der Waals surface area contributed by atoms with Gasteiger partial charge in [0.15, 0.2) is 11.9 Å². The fourth-order valence-corrected chi connectivity index (χ4v) is 3.03. The smallest absolute Gasteiger partial charge is 0.256 e. The van der Waals surface area contributed by atoms with E-state index in [9.17, 15) is 4.79 Å². The molecule has 1 spiro atoms. The number of nitrogens with zero attached hydrogens (tertiary/aromatic N) is 1.